The zero-order valence-electron chi connectivity index (χ0n) is 12.8. The Bertz CT molecular complexity index is 800. The van der Waals surface area contributed by atoms with E-state index in [2.05, 4.69) is 9.98 Å². The lowest BCUT2D eigenvalue weighted by molar-refractivity contribution is -0.135. The number of amides is 1. The van der Waals surface area contributed by atoms with Gasteiger partial charge in [0, 0.05) is 25.7 Å². The first-order chi connectivity index (χ1) is 11.3. The Balaban J connectivity index is 1.71. The highest BCUT2D eigenvalue weighted by Crippen LogP contribution is 2.24. The van der Waals surface area contributed by atoms with Gasteiger partial charge in [0.25, 0.3) is 0 Å². The molecule has 0 spiro atoms. The number of aliphatic imine (C=N–C) groups is 1. The van der Waals surface area contributed by atoms with Crippen LogP contribution >= 0.6 is 0 Å². The molecule has 0 N–H and O–H groups in total. The van der Waals surface area contributed by atoms with Gasteiger partial charge in [0.2, 0.25) is 5.91 Å². The number of fused-ring (bicyclic) bond motifs is 1. The van der Waals surface area contributed by atoms with E-state index in [0.717, 1.165) is 29.0 Å². The number of hydrogen-bond donors (Lipinski definition) is 0. The molecular formula is C17H18N4O2. The van der Waals surface area contributed by atoms with E-state index in [9.17, 15) is 4.79 Å². The van der Waals surface area contributed by atoms with E-state index in [1.807, 2.05) is 46.0 Å². The van der Waals surface area contributed by atoms with Gasteiger partial charge < -0.3 is 14.2 Å². The number of morpholine rings is 1. The number of ether oxygens (including phenoxy) is 1. The Morgan fingerprint density at radius 1 is 1.22 bits per heavy atom. The van der Waals surface area contributed by atoms with E-state index in [1.165, 1.54) is 0 Å². The van der Waals surface area contributed by atoms with Crippen LogP contribution in [0.4, 0.5) is 0 Å². The summed E-state index contributed by atoms with van der Waals surface area (Å²) in [5, 5.41) is 0. The summed E-state index contributed by atoms with van der Waals surface area (Å²) in [7, 11) is 0. The Hall–Kier alpha value is -2.47. The molecule has 1 fully saturated rings. The lowest BCUT2D eigenvalue weighted by Gasteiger charge is -2.27. The number of para-hydroxylation sites is 2. The predicted molar refractivity (Wildman–Crippen MR) is 88.2 cm³/mol. The average Bonchev–Trinajstić information content (AvgIpc) is 3.24. The van der Waals surface area contributed by atoms with Gasteiger partial charge in [-0.15, -0.1) is 0 Å². The fourth-order valence-corrected chi connectivity index (χ4v) is 3.00. The third kappa shape index (κ3) is 2.66. The van der Waals surface area contributed by atoms with Gasteiger partial charge in [-0.1, -0.05) is 12.1 Å². The minimum absolute atomic E-state index is 0.0975. The van der Waals surface area contributed by atoms with Gasteiger partial charge in [-0.2, -0.15) is 0 Å². The number of hydrogen-bond acceptors (Lipinski definition) is 4. The highest BCUT2D eigenvalue weighted by Gasteiger charge is 2.21. The van der Waals surface area contributed by atoms with E-state index in [0.29, 0.717) is 26.3 Å². The topological polar surface area (TPSA) is 59.7 Å². The van der Waals surface area contributed by atoms with Crippen LogP contribution in [0.1, 0.15) is 12.2 Å². The molecule has 1 amide bonds. The molecule has 2 aliphatic heterocycles. The smallest absolute Gasteiger partial charge is 0.242 e. The lowest BCUT2D eigenvalue weighted by atomic mass is 10.3. The summed E-state index contributed by atoms with van der Waals surface area (Å²) in [5.41, 5.74) is 2.70. The van der Waals surface area contributed by atoms with Crippen molar-refractivity contribution in [3.63, 3.8) is 0 Å². The number of imidazole rings is 1. The molecule has 0 bridgehead atoms. The Labute approximate surface area is 134 Å². The molecule has 1 aromatic carbocycles. The van der Waals surface area contributed by atoms with Crippen molar-refractivity contribution >= 4 is 28.9 Å². The number of benzene rings is 1. The molecule has 2 aliphatic rings. The van der Waals surface area contributed by atoms with Crippen LogP contribution in [-0.4, -0.2) is 52.9 Å². The molecule has 0 aliphatic carbocycles. The van der Waals surface area contributed by atoms with Crippen molar-refractivity contribution in [1.29, 1.82) is 0 Å². The second kappa shape index (κ2) is 5.96. The SMILES string of the molecule is O=C(Cn1c(C2=CCC=N2)nc2ccccc21)N1CCOCC1. The van der Waals surface area contributed by atoms with E-state index in [4.69, 9.17) is 4.74 Å². The van der Waals surface area contributed by atoms with Crippen LogP contribution in [0.2, 0.25) is 0 Å². The molecule has 3 heterocycles. The fourth-order valence-electron chi connectivity index (χ4n) is 3.00. The summed E-state index contributed by atoms with van der Waals surface area (Å²) in [5.74, 6) is 0.863. The molecule has 0 radical (unpaired) electrons. The molecule has 2 aromatic rings. The van der Waals surface area contributed by atoms with Gasteiger partial charge in [0.15, 0.2) is 5.82 Å². The van der Waals surface area contributed by atoms with Crippen molar-refractivity contribution < 1.29 is 9.53 Å². The Kier molecular flexibility index (Phi) is 3.67. The summed E-state index contributed by atoms with van der Waals surface area (Å²) >= 11 is 0. The summed E-state index contributed by atoms with van der Waals surface area (Å²) < 4.78 is 7.29. The molecule has 118 valence electrons. The third-order valence-electron chi connectivity index (χ3n) is 4.19. The molecule has 0 saturated carbocycles. The first-order valence-electron chi connectivity index (χ1n) is 7.87. The van der Waals surface area contributed by atoms with Crippen LogP contribution in [-0.2, 0) is 16.1 Å². The Morgan fingerprint density at radius 2 is 2.04 bits per heavy atom. The van der Waals surface area contributed by atoms with Gasteiger partial charge in [0.05, 0.1) is 24.2 Å². The zero-order chi connectivity index (χ0) is 15.6. The van der Waals surface area contributed by atoms with E-state index in [1.54, 1.807) is 0 Å². The highest BCUT2D eigenvalue weighted by molar-refractivity contribution is 5.86. The van der Waals surface area contributed by atoms with Crippen LogP contribution in [0, 0.1) is 0 Å². The summed E-state index contributed by atoms with van der Waals surface area (Å²) in [6.07, 6.45) is 4.72. The van der Waals surface area contributed by atoms with Crippen molar-refractivity contribution in [3.8, 4) is 0 Å². The van der Waals surface area contributed by atoms with Gasteiger partial charge >= 0.3 is 0 Å². The molecule has 4 rings (SSSR count). The first-order valence-corrected chi connectivity index (χ1v) is 7.87. The van der Waals surface area contributed by atoms with Gasteiger partial charge in [-0.3, -0.25) is 9.79 Å². The van der Waals surface area contributed by atoms with Crippen molar-refractivity contribution in [1.82, 2.24) is 14.5 Å². The molecule has 1 aromatic heterocycles. The van der Waals surface area contributed by atoms with Crippen LogP contribution in [0.15, 0.2) is 35.3 Å². The van der Waals surface area contributed by atoms with Gasteiger partial charge in [-0.05, 0) is 18.2 Å². The summed E-state index contributed by atoms with van der Waals surface area (Å²) in [6.45, 7) is 2.81. The molecule has 0 atom stereocenters. The minimum Gasteiger partial charge on any atom is -0.378 e. The van der Waals surface area contributed by atoms with Crippen LogP contribution < -0.4 is 0 Å². The predicted octanol–water partition coefficient (Wildman–Crippen LogP) is 1.71. The quantitative estimate of drug-likeness (QED) is 0.867. The van der Waals surface area contributed by atoms with Crippen LogP contribution in [0.3, 0.4) is 0 Å². The van der Waals surface area contributed by atoms with E-state index >= 15 is 0 Å². The molecule has 1 saturated heterocycles. The maximum atomic E-state index is 12.6. The molecule has 23 heavy (non-hydrogen) atoms. The van der Waals surface area contributed by atoms with E-state index in [-0.39, 0.29) is 12.5 Å². The number of nitrogens with zero attached hydrogens (tertiary/aromatic N) is 4. The zero-order valence-corrected chi connectivity index (χ0v) is 12.8. The standard InChI is InChI=1S/C17H18N4O2/c22-16(20-8-10-23-11-9-20)12-21-15-6-2-1-4-13(15)19-17(21)14-5-3-7-18-14/h1-2,4-7H,3,8-12H2. The second-order valence-electron chi connectivity index (χ2n) is 5.64. The first kappa shape index (κ1) is 14.1. The van der Waals surface area contributed by atoms with Crippen molar-refractivity contribution in [2.45, 2.75) is 13.0 Å². The number of allylic oxidation sites excluding steroid dienone is 1. The molecular weight excluding hydrogens is 292 g/mol. The molecule has 6 heteroatoms. The molecule has 6 nitrogen and oxygen atoms in total. The largest absolute Gasteiger partial charge is 0.378 e. The Morgan fingerprint density at radius 3 is 2.83 bits per heavy atom. The fraction of sp³-hybridized carbons (Fsp3) is 0.353. The number of rotatable bonds is 3. The monoisotopic (exact) mass is 310 g/mol. The maximum Gasteiger partial charge on any atom is 0.242 e. The van der Waals surface area contributed by atoms with Crippen LogP contribution in [0.5, 0.6) is 0 Å². The second-order valence-corrected chi connectivity index (χ2v) is 5.64. The van der Waals surface area contributed by atoms with Crippen LogP contribution in [0.25, 0.3) is 16.7 Å². The highest BCUT2D eigenvalue weighted by atomic mass is 16.5. The van der Waals surface area contributed by atoms with Gasteiger partial charge in [-0.25, -0.2) is 4.98 Å². The minimum atomic E-state index is 0.0975. The maximum absolute atomic E-state index is 12.6. The number of aromatic nitrogens is 2. The van der Waals surface area contributed by atoms with Crippen molar-refractivity contribution in [2.75, 3.05) is 26.3 Å². The summed E-state index contributed by atoms with van der Waals surface area (Å²) in [4.78, 5) is 23.6. The van der Waals surface area contributed by atoms with Crippen molar-refractivity contribution in [2.24, 2.45) is 4.99 Å². The number of carbonyl (C=O) groups excluding carboxylic acids is 1. The number of carbonyl (C=O) groups is 1. The third-order valence-corrected chi connectivity index (χ3v) is 4.19. The normalized spacial score (nSPS) is 17.7. The lowest BCUT2D eigenvalue weighted by Crippen LogP contribution is -2.42. The van der Waals surface area contributed by atoms with Crippen molar-refractivity contribution in [3.05, 3.63) is 36.2 Å². The average molecular weight is 310 g/mol. The van der Waals surface area contributed by atoms with E-state index < -0.39 is 0 Å². The van der Waals surface area contributed by atoms with Gasteiger partial charge in [0.1, 0.15) is 12.2 Å². The summed E-state index contributed by atoms with van der Waals surface area (Å²) in [6, 6.07) is 7.89. The molecule has 0 unspecified atom stereocenters.